The van der Waals surface area contributed by atoms with Crippen molar-refractivity contribution in [3.8, 4) is 17.2 Å². The number of nitrogens with one attached hydrogen (secondary N) is 2. The second kappa shape index (κ2) is 12.4. The smallest absolute Gasteiger partial charge is 0.255 e. The van der Waals surface area contributed by atoms with Gasteiger partial charge in [-0.3, -0.25) is 9.59 Å². The van der Waals surface area contributed by atoms with Crippen LogP contribution in [0.3, 0.4) is 0 Å². The maximum Gasteiger partial charge on any atom is 0.255 e. The summed E-state index contributed by atoms with van der Waals surface area (Å²) in [7, 11) is 0. The van der Waals surface area contributed by atoms with Gasteiger partial charge in [0.2, 0.25) is 5.91 Å². The minimum absolute atomic E-state index is 0.170. The SMILES string of the molecule is CCOc1cc(NC(=O)c2ccccc2)c(OCC)cc1NC(=O)CCc1cnn(-c2ccccc2)c1. The lowest BCUT2D eigenvalue weighted by Gasteiger charge is -2.18. The summed E-state index contributed by atoms with van der Waals surface area (Å²) in [5.41, 5.74) is 3.38. The van der Waals surface area contributed by atoms with E-state index in [1.165, 1.54) is 0 Å². The molecule has 0 unspecified atom stereocenters. The summed E-state index contributed by atoms with van der Waals surface area (Å²) in [6.45, 7) is 4.49. The molecule has 0 bridgehead atoms. The van der Waals surface area contributed by atoms with Gasteiger partial charge in [-0.2, -0.15) is 5.10 Å². The molecular formula is C29H30N4O4. The highest BCUT2D eigenvalue weighted by Crippen LogP contribution is 2.37. The van der Waals surface area contributed by atoms with Gasteiger partial charge >= 0.3 is 0 Å². The van der Waals surface area contributed by atoms with Gasteiger partial charge in [0.1, 0.15) is 11.5 Å². The van der Waals surface area contributed by atoms with Gasteiger partial charge in [0.05, 0.1) is 36.5 Å². The number of rotatable bonds is 11. The first kappa shape index (κ1) is 25.5. The fourth-order valence-corrected chi connectivity index (χ4v) is 3.77. The van der Waals surface area contributed by atoms with E-state index in [0.29, 0.717) is 48.1 Å². The number of ether oxygens (including phenoxy) is 2. The third kappa shape index (κ3) is 6.76. The number of anilines is 2. The number of nitrogens with zero attached hydrogens (tertiary/aromatic N) is 2. The summed E-state index contributed by atoms with van der Waals surface area (Å²) in [4.78, 5) is 25.6. The summed E-state index contributed by atoms with van der Waals surface area (Å²) in [6.07, 6.45) is 4.49. The molecule has 0 spiro atoms. The molecule has 0 fully saturated rings. The molecule has 190 valence electrons. The largest absolute Gasteiger partial charge is 0.492 e. The monoisotopic (exact) mass is 498 g/mol. The van der Waals surface area contributed by atoms with Gasteiger partial charge in [-0.25, -0.2) is 4.68 Å². The molecule has 4 rings (SSSR count). The average molecular weight is 499 g/mol. The van der Waals surface area contributed by atoms with E-state index in [0.717, 1.165) is 11.3 Å². The average Bonchev–Trinajstić information content (AvgIpc) is 3.40. The Morgan fingerprint density at radius 2 is 1.43 bits per heavy atom. The number of carbonyl (C=O) groups is 2. The van der Waals surface area contributed by atoms with Crippen molar-refractivity contribution >= 4 is 23.2 Å². The van der Waals surface area contributed by atoms with Crippen LogP contribution in [-0.2, 0) is 11.2 Å². The Balaban J connectivity index is 1.47. The fraction of sp³-hybridized carbons (Fsp3) is 0.207. The van der Waals surface area contributed by atoms with Gasteiger partial charge in [0.25, 0.3) is 5.91 Å². The summed E-state index contributed by atoms with van der Waals surface area (Å²) in [5, 5.41) is 10.2. The van der Waals surface area contributed by atoms with E-state index in [2.05, 4.69) is 15.7 Å². The second-order valence-electron chi connectivity index (χ2n) is 8.21. The molecule has 0 saturated carbocycles. The van der Waals surface area contributed by atoms with E-state index in [1.54, 1.807) is 47.3 Å². The Bertz CT molecular complexity index is 1340. The Labute approximate surface area is 216 Å². The molecule has 0 radical (unpaired) electrons. The molecule has 0 aliphatic carbocycles. The molecule has 0 aliphatic heterocycles. The van der Waals surface area contributed by atoms with Crippen molar-refractivity contribution in [1.82, 2.24) is 9.78 Å². The van der Waals surface area contributed by atoms with Gasteiger partial charge < -0.3 is 20.1 Å². The topological polar surface area (TPSA) is 94.5 Å². The summed E-state index contributed by atoms with van der Waals surface area (Å²) in [5.74, 6) is 0.447. The molecule has 2 N–H and O–H groups in total. The Morgan fingerprint density at radius 3 is 2.05 bits per heavy atom. The number of carbonyl (C=O) groups excluding carboxylic acids is 2. The highest BCUT2D eigenvalue weighted by atomic mass is 16.5. The lowest BCUT2D eigenvalue weighted by atomic mass is 10.1. The normalized spacial score (nSPS) is 10.5. The first-order valence-corrected chi connectivity index (χ1v) is 12.3. The second-order valence-corrected chi connectivity index (χ2v) is 8.21. The molecule has 0 atom stereocenters. The number of para-hydroxylation sites is 1. The first-order valence-electron chi connectivity index (χ1n) is 12.3. The van der Waals surface area contributed by atoms with Crippen molar-refractivity contribution in [2.75, 3.05) is 23.8 Å². The van der Waals surface area contributed by atoms with Crippen LogP contribution in [0, 0.1) is 0 Å². The third-order valence-electron chi connectivity index (χ3n) is 5.54. The number of hydrogen-bond acceptors (Lipinski definition) is 5. The van der Waals surface area contributed by atoms with Crippen LogP contribution in [0.4, 0.5) is 11.4 Å². The number of aromatic nitrogens is 2. The van der Waals surface area contributed by atoms with E-state index in [-0.39, 0.29) is 18.2 Å². The minimum atomic E-state index is -0.267. The summed E-state index contributed by atoms with van der Waals surface area (Å²) < 4.78 is 13.3. The molecule has 4 aromatic rings. The van der Waals surface area contributed by atoms with Crippen LogP contribution < -0.4 is 20.1 Å². The van der Waals surface area contributed by atoms with Crippen LogP contribution in [0.1, 0.15) is 36.2 Å². The van der Waals surface area contributed by atoms with Gasteiger partial charge in [-0.1, -0.05) is 36.4 Å². The fourth-order valence-electron chi connectivity index (χ4n) is 3.77. The van der Waals surface area contributed by atoms with Crippen molar-refractivity contribution in [2.24, 2.45) is 0 Å². The Kier molecular flexibility index (Phi) is 8.54. The van der Waals surface area contributed by atoms with Crippen molar-refractivity contribution in [3.05, 3.63) is 96.3 Å². The van der Waals surface area contributed by atoms with Gasteiger partial charge in [-0.15, -0.1) is 0 Å². The lowest BCUT2D eigenvalue weighted by molar-refractivity contribution is -0.116. The highest BCUT2D eigenvalue weighted by Gasteiger charge is 2.17. The van der Waals surface area contributed by atoms with Crippen LogP contribution in [0.15, 0.2) is 85.2 Å². The van der Waals surface area contributed by atoms with Crippen LogP contribution >= 0.6 is 0 Å². The zero-order chi connectivity index (χ0) is 26.0. The molecule has 0 saturated heterocycles. The zero-order valence-electron chi connectivity index (χ0n) is 20.9. The number of aryl methyl sites for hydroxylation is 1. The molecule has 37 heavy (non-hydrogen) atoms. The summed E-state index contributed by atoms with van der Waals surface area (Å²) >= 11 is 0. The van der Waals surface area contributed by atoms with E-state index in [1.807, 2.05) is 56.4 Å². The highest BCUT2D eigenvalue weighted by molar-refractivity contribution is 6.05. The van der Waals surface area contributed by atoms with Crippen LogP contribution in [0.5, 0.6) is 11.5 Å². The molecule has 0 aliphatic rings. The Hall–Kier alpha value is -4.59. The molecule has 1 aromatic heterocycles. The maximum atomic E-state index is 12.8. The minimum Gasteiger partial charge on any atom is -0.492 e. The van der Waals surface area contributed by atoms with Crippen molar-refractivity contribution in [2.45, 2.75) is 26.7 Å². The van der Waals surface area contributed by atoms with Crippen molar-refractivity contribution < 1.29 is 19.1 Å². The quantitative estimate of drug-likeness (QED) is 0.285. The Morgan fingerprint density at radius 1 is 0.838 bits per heavy atom. The van der Waals surface area contributed by atoms with E-state index in [4.69, 9.17) is 9.47 Å². The van der Waals surface area contributed by atoms with Crippen molar-refractivity contribution in [1.29, 1.82) is 0 Å². The van der Waals surface area contributed by atoms with Crippen LogP contribution in [-0.4, -0.2) is 34.8 Å². The van der Waals surface area contributed by atoms with Gasteiger partial charge in [-0.05, 0) is 50.1 Å². The summed E-state index contributed by atoms with van der Waals surface area (Å²) in [6, 6.07) is 22.1. The molecule has 1 heterocycles. The maximum absolute atomic E-state index is 12.8. The number of benzene rings is 3. The standard InChI is InChI=1S/C29H30N4O4/c1-3-36-26-18-25(32-29(35)22-11-7-5-8-12-22)27(37-4-2)17-24(26)31-28(34)16-15-21-19-30-33(20-21)23-13-9-6-10-14-23/h5-14,17-20H,3-4,15-16H2,1-2H3,(H,31,34)(H,32,35). The van der Waals surface area contributed by atoms with E-state index < -0.39 is 0 Å². The van der Waals surface area contributed by atoms with E-state index in [9.17, 15) is 9.59 Å². The number of amides is 2. The van der Waals surface area contributed by atoms with Crippen molar-refractivity contribution in [3.63, 3.8) is 0 Å². The first-order chi connectivity index (χ1) is 18.1. The molecule has 3 aromatic carbocycles. The van der Waals surface area contributed by atoms with E-state index >= 15 is 0 Å². The molecule has 8 nitrogen and oxygen atoms in total. The number of hydrogen-bond donors (Lipinski definition) is 2. The molecule has 8 heteroatoms. The van der Waals surface area contributed by atoms with Gasteiger partial charge in [0.15, 0.2) is 0 Å². The lowest BCUT2D eigenvalue weighted by Crippen LogP contribution is -2.16. The molecular weight excluding hydrogens is 468 g/mol. The van der Waals surface area contributed by atoms with Gasteiger partial charge in [0, 0.05) is 30.3 Å². The third-order valence-corrected chi connectivity index (χ3v) is 5.54. The zero-order valence-corrected chi connectivity index (χ0v) is 20.9. The predicted molar refractivity (Wildman–Crippen MR) is 144 cm³/mol. The van der Waals surface area contributed by atoms with Crippen LogP contribution in [0.2, 0.25) is 0 Å². The molecule has 2 amide bonds. The predicted octanol–water partition coefficient (Wildman–Crippen LogP) is 5.49. The van der Waals surface area contributed by atoms with Crippen LogP contribution in [0.25, 0.3) is 5.69 Å².